The van der Waals surface area contributed by atoms with Crippen LogP contribution in [-0.4, -0.2) is 26.8 Å². The van der Waals surface area contributed by atoms with Gasteiger partial charge in [0.1, 0.15) is 0 Å². The van der Waals surface area contributed by atoms with E-state index in [4.69, 9.17) is 4.74 Å². The Morgan fingerprint density at radius 2 is 2.45 bits per heavy atom. The van der Waals surface area contributed by atoms with Gasteiger partial charge in [-0.1, -0.05) is 0 Å². The molecule has 11 heavy (non-hydrogen) atoms. The molecule has 0 amide bonds. The van der Waals surface area contributed by atoms with Crippen LogP contribution in [0.1, 0.15) is 25.5 Å². The normalized spacial score (nSPS) is 25.3. The lowest BCUT2D eigenvalue weighted by molar-refractivity contribution is -0.0410. The summed E-state index contributed by atoms with van der Waals surface area (Å²) in [5.74, 6) is 0. The van der Waals surface area contributed by atoms with E-state index in [-0.39, 0.29) is 6.23 Å². The zero-order chi connectivity index (χ0) is 7.52. The zero-order valence-electron chi connectivity index (χ0n) is 6.10. The van der Waals surface area contributed by atoms with Crippen LogP contribution >= 0.6 is 0 Å². The summed E-state index contributed by atoms with van der Waals surface area (Å²) in [4.78, 5) is 0. The fraction of sp³-hybridized carbons (Fsp3) is 0.833. The molecule has 2 rings (SSSR count). The van der Waals surface area contributed by atoms with Gasteiger partial charge in [0.15, 0.2) is 6.23 Å². The summed E-state index contributed by atoms with van der Waals surface area (Å²) in [5, 5.41) is 10.6. The van der Waals surface area contributed by atoms with E-state index >= 15 is 0 Å². The van der Waals surface area contributed by atoms with Gasteiger partial charge in [-0.25, -0.2) is 0 Å². The molecule has 1 aromatic rings. The highest BCUT2D eigenvalue weighted by atomic mass is 16.5. The minimum Gasteiger partial charge on any atom is -0.356 e. The zero-order valence-corrected chi connectivity index (χ0v) is 6.10. The molecule has 0 aromatic carbocycles. The summed E-state index contributed by atoms with van der Waals surface area (Å²) in [5.41, 5.74) is 0. The van der Waals surface area contributed by atoms with Gasteiger partial charge in [-0.3, -0.25) is 0 Å². The van der Waals surface area contributed by atoms with Crippen molar-refractivity contribution in [1.82, 2.24) is 20.2 Å². The van der Waals surface area contributed by atoms with E-state index in [1.807, 2.05) is 0 Å². The number of nitrogens with zero attached hydrogens (tertiary/aromatic N) is 4. The Kier molecular flexibility index (Phi) is 1.81. The van der Waals surface area contributed by atoms with Crippen molar-refractivity contribution in [3.8, 4) is 0 Å². The topological polar surface area (TPSA) is 52.8 Å². The van der Waals surface area contributed by atoms with Crippen LogP contribution < -0.4 is 0 Å². The lowest BCUT2D eigenvalue weighted by atomic mass is 10.2. The maximum atomic E-state index is 5.41. The Bertz CT molecular complexity index is 204. The van der Waals surface area contributed by atoms with E-state index in [9.17, 15) is 0 Å². The monoisotopic (exact) mass is 153 g/mol. The first kappa shape index (κ1) is 6.72. The summed E-state index contributed by atoms with van der Waals surface area (Å²) in [7, 11) is 0. The summed E-state index contributed by atoms with van der Waals surface area (Å²) in [6.45, 7) is 0.804. The number of hydrogen-bond donors (Lipinski definition) is 0. The highest BCUT2D eigenvalue weighted by Gasteiger charge is 2.16. The summed E-state index contributed by atoms with van der Waals surface area (Å²) >= 11 is 0. The molecule has 1 saturated heterocycles. The molecule has 1 aliphatic rings. The van der Waals surface area contributed by atoms with Crippen molar-refractivity contribution in [3.63, 3.8) is 0 Å². The third-order valence-corrected chi connectivity index (χ3v) is 1.76. The molecule has 5 nitrogen and oxygen atoms in total. The molecule has 1 aliphatic heterocycles. The Morgan fingerprint density at radius 1 is 1.45 bits per heavy atom. The molecule has 1 fully saturated rings. The predicted molar refractivity (Wildman–Crippen MR) is 35.5 cm³/mol. The van der Waals surface area contributed by atoms with Gasteiger partial charge in [-0.2, -0.15) is 4.68 Å². The van der Waals surface area contributed by atoms with Gasteiger partial charge in [0.2, 0.25) is 6.33 Å². The lowest BCUT2D eigenvalue weighted by Gasteiger charge is -2.20. The standard InChI is InChI=1S/C6H9N4O/c1-2-4-11-6(3-1)10-5-7-8-9-10/h6H,1-4H2. The molecular weight excluding hydrogens is 144 g/mol. The van der Waals surface area contributed by atoms with E-state index in [1.54, 1.807) is 4.68 Å². The van der Waals surface area contributed by atoms with Gasteiger partial charge in [-0.05, 0) is 29.7 Å². The van der Waals surface area contributed by atoms with Crippen molar-refractivity contribution >= 4 is 0 Å². The van der Waals surface area contributed by atoms with Crippen molar-refractivity contribution in [2.75, 3.05) is 6.61 Å². The maximum Gasteiger partial charge on any atom is 0.224 e. The molecule has 0 aliphatic carbocycles. The van der Waals surface area contributed by atoms with E-state index in [0.717, 1.165) is 19.4 Å². The Balaban J connectivity index is 2.04. The summed E-state index contributed by atoms with van der Waals surface area (Å²) in [6, 6.07) is 0. The number of ether oxygens (including phenoxy) is 1. The smallest absolute Gasteiger partial charge is 0.224 e. The first-order chi connectivity index (χ1) is 5.47. The lowest BCUT2D eigenvalue weighted by Crippen LogP contribution is -2.18. The van der Waals surface area contributed by atoms with E-state index < -0.39 is 0 Å². The third kappa shape index (κ3) is 1.37. The van der Waals surface area contributed by atoms with E-state index in [2.05, 4.69) is 21.9 Å². The molecule has 0 bridgehead atoms. The van der Waals surface area contributed by atoms with Crippen LogP contribution in [-0.2, 0) is 4.74 Å². The van der Waals surface area contributed by atoms with E-state index in [1.165, 1.54) is 6.42 Å². The molecule has 1 radical (unpaired) electrons. The van der Waals surface area contributed by atoms with Crippen molar-refractivity contribution in [2.45, 2.75) is 25.5 Å². The average molecular weight is 153 g/mol. The fourth-order valence-electron chi connectivity index (χ4n) is 1.19. The first-order valence-corrected chi connectivity index (χ1v) is 3.74. The highest BCUT2D eigenvalue weighted by Crippen LogP contribution is 2.19. The van der Waals surface area contributed by atoms with Gasteiger partial charge >= 0.3 is 0 Å². The Labute approximate surface area is 64.3 Å². The quantitative estimate of drug-likeness (QED) is 0.577. The number of aromatic nitrogens is 4. The second kappa shape index (κ2) is 2.96. The summed E-state index contributed by atoms with van der Waals surface area (Å²) < 4.78 is 6.95. The molecule has 1 atom stereocenters. The van der Waals surface area contributed by atoms with Crippen LogP contribution in [0, 0.1) is 6.33 Å². The second-order valence-electron chi connectivity index (χ2n) is 2.54. The molecule has 1 unspecified atom stereocenters. The van der Waals surface area contributed by atoms with Gasteiger partial charge < -0.3 is 4.74 Å². The molecule has 59 valence electrons. The van der Waals surface area contributed by atoms with Crippen molar-refractivity contribution < 1.29 is 4.74 Å². The maximum absolute atomic E-state index is 5.41. The van der Waals surface area contributed by atoms with Crippen LogP contribution in [0.4, 0.5) is 0 Å². The van der Waals surface area contributed by atoms with Crippen LogP contribution in [0.5, 0.6) is 0 Å². The van der Waals surface area contributed by atoms with Crippen molar-refractivity contribution in [2.24, 2.45) is 0 Å². The molecule has 5 heteroatoms. The minimum atomic E-state index is 0.0127. The summed E-state index contributed by atoms with van der Waals surface area (Å²) in [6.07, 6.45) is 5.94. The Hall–Kier alpha value is -0.970. The fourth-order valence-corrected chi connectivity index (χ4v) is 1.19. The van der Waals surface area contributed by atoms with Gasteiger partial charge in [0.05, 0.1) is 0 Å². The first-order valence-electron chi connectivity index (χ1n) is 3.74. The van der Waals surface area contributed by atoms with Crippen LogP contribution in [0.25, 0.3) is 0 Å². The van der Waals surface area contributed by atoms with Crippen LogP contribution in [0.2, 0.25) is 0 Å². The Morgan fingerprint density at radius 3 is 3.09 bits per heavy atom. The van der Waals surface area contributed by atoms with Crippen LogP contribution in [0.15, 0.2) is 0 Å². The number of rotatable bonds is 1. The molecule has 0 N–H and O–H groups in total. The van der Waals surface area contributed by atoms with Crippen molar-refractivity contribution in [3.05, 3.63) is 6.33 Å². The molecule has 1 aromatic heterocycles. The molecule has 0 spiro atoms. The molecule has 0 saturated carbocycles. The van der Waals surface area contributed by atoms with Crippen molar-refractivity contribution in [1.29, 1.82) is 0 Å². The molecular formula is C6H9N4O. The van der Waals surface area contributed by atoms with Crippen LogP contribution in [0.3, 0.4) is 0 Å². The number of hydrogen-bond acceptors (Lipinski definition) is 4. The largest absolute Gasteiger partial charge is 0.356 e. The molecule has 2 heterocycles. The third-order valence-electron chi connectivity index (χ3n) is 1.76. The number of tetrazole rings is 1. The minimum absolute atomic E-state index is 0.0127. The van der Waals surface area contributed by atoms with Gasteiger partial charge in [-0.15, -0.1) is 5.10 Å². The van der Waals surface area contributed by atoms with Gasteiger partial charge in [0, 0.05) is 6.61 Å². The SMILES string of the molecule is [c]1nnnn1C1CCCCO1. The highest BCUT2D eigenvalue weighted by molar-refractivity contribution is 4.59. The van der Waals surface area contributed by atoms with E-state index in [0.29, 0.717) is 0 Å². The predicted octanol–water partition coefficient (Wildman–Crippen LogP) is 0.172. The second-order valence-corrected chi connectivity index (χ2v) is 2.54. The van der Waals surface area contributed by atoms with Gasteiger partial charge in [0.25, 0.3) is 0 Å². The average Bonchev–Trinajstić information content (AvgIpc) is 2.58.